The van der Waals surface area contributed by atoms with Crippen molar-refractivity contribution < 1.29 is 9.53 Å². The summed E-state index contributed by atoms with van der Waals surface area (Å²) in [6.45, 7) is 8.15. The molecule has 0 atom stereocenters. The lowest BCUT2D eigenvalue weighted by molar-refractivity contribution is 0.00637. The number of ether oxygens (including phenoxy) is 1. The van der Waals surface area contributed by atoms with Crippen molar-refractivity contribution in [3.63, 3.8) is 0 Å². The van der Waals surface area contributed by atoms with Gasteiger partial charge in [0.25, 0.3) is 0 Å². The van der Waals surface area contributed by atoms with Crippen LogP contribution in [-0.4, -0.2) is 36.8 Å². The Morgan fingerprint density at radius 2 is 2.16 bits per heavy atom. The van der Waals surface area contributed by atoms with E-state index in [2.05, 4.69) is 20.5 Å². The molecule has 0 amide bonds. The molecule has 1 N–H and O–H groups in total. The third kappa shape index (κ3) is 2.98. The fourth-order valence-electron chi connectivity index (χ4n) is 1.56. The van der Waals surface area contributed by atoms with Gasteiger partial charge in [-0.3, -0.25) is 4.68 Å². The lowest BCUT2D eigenvalue weighted by Gasteiger charge is -2.18. The van der Waals surface area contributed by atoms with Crippen molar-refractivity contribution >= 4 is 5.97 Å². The third-order valence-corrected chi connectivity index (χ3v) is 2.37. The van der Waals surface area contributed by atoms with Crippen LogP contribution >= 0.6 is 0 Å². The molecular weight excluding hydrogens is 246 g/mol. The van der Waals surface area contributed by atoms with Gasteiger partial charge in [-0.1, -0.05) is 0 Å². The Labute approximate surface area is 111 Å². The van der Waals surface area contributed by atoms with Crippen molar-refractivity contribution in [2.45, 2.75) is 39.8 Å². The smallest absolute Gasteiger partial charge is 0.361 e. The van der Waals surface area contributed by atoms with Gasteiger partial charge in [0.2, 0.25) is 0 Å². The maximum absolute atomic E-state index is 12.0. The number of carbonyl (C=O) groups excluding carboxylic acids is 1. The van der Waals surface area contributed by atoms with Crippen LogP contribution in [0.1, 0.15) is 38.2 Å². The lowest BCUT2D eigenvalue weighted by Crippen LogP contribution is -2.24. The molecule has 0 aliphatic heterocycles. The van der Waals surface area contributed by atoms with E-state index >= 15 is 0 Å². The fraction of sp³-hybridized carbons (Fsp3) is 0.500. The molecule has 0 spiro atoms. The van der Waals surface area contributed by atoms with Crippen LogP contribution in [0.2, 0.25) is 0 Å². The van der Waals surface area contributed by atoms with Gasteiger partial charge in [-0.15, -0.1) is 5.10 Å². The van der Waals surface area contributed by atoms with E-state index in [0.717, 1.165) is 12.1 Å². The number of hydrogen-bond acceptors (Lipinski definition) is 5. The first-order valence-electron chi connectivity index (χ1n) is 6.07. The summed E-state index contributed by atoms with van der Waals surface area (Å²) in [6, 6.07) is 0. The second-order valence-electron chi connectivity index (χ2n) is 5.11. The van der Waals surface area contributed by atoms with Gasteiger partial charge in [-0.25, -0.2) is 4.79 Å². The molecule has 7 nitrogen and oxygen atoms in total. The maximum atomic E-state index is 12.0. The van der Waals surface area contributed by atoms with Gasteiger partial charge >= 0.3 is 5.97 Å². The predicted molar refractivity (Wildman–Crippen MR) is 68.4 cm³/mol. The zero-order valence-electron chi connectivity index (χ0n) is 11.5. The highest BCUT2D eigenvalue weighted by molar-refractivity contribution is 5.93. The monoisotopic (exact) mass is 263 g/mol. The number of aromatic nitrogens is 5. The number of aromatic amines is 1. The quantitative estimate of drug-likeness (QED) is 0.851. The summed E-state index contributed by atoms with van der Waals surface area (Å²) < 4.78 is 7.04. The normalized spacial score (nSPS) is 11.6. The van der Waals surface area contributed by atoms with Gasteiger partial charge in [-0.2, -0.15) is 15.4 Å². The number of hydrogen-bond donors (Lipinski definition) is 1. The first kappa shape index (κ1) is 13.3. The molecule has 0 radical (unpaired) electrons. The highest BCUT2D eigenvalue weighted by Gasteiger charge is 2.24. The van der Waals surface area contributed by atoms with Gasteiger partial charge in [0.1, 0.15) is 11.3 Å². The summed E-state index contributed by atoms with van der Waals surface area (Å²) in [5.74, 6) is -0.500. The Balaban J connectivity index is 2.29. The van der Waals surface area contributed by atoms with E-state index in [0.29, 0.717) is 5.69 Å². The molecule has 2 aromatic heterocycles. The molecule has 2 rings (SSSR count). The molecule has 0 bridgehead atoms. The van der Waals surface area contributed by atoms with Crippen LogP contribution in [0.3, 0.4) is 0 Å². The molecule has 19 heavy (non-hydrogen) atoms. The minimum atomic E-state index is -0.569. The van der Waals surface area contributed by atoms with Crippen LogP contribution in [0, 0.1) is 0 Å². The standard InChI is InChI=1S/C12H17N5O2/c1-5-17-7-8(6-13-17)9-10(15-16-14-9)11(18)19-12(2,3)4/h6-7H,5H2,1-4H3,(H,14,15,16). The molecule has 0 unspecified atom stereocenters. The van der Waals surface area contributed by atoms with Gasteiger partial charge in [-0.05, 0) is 27.7 Å². The number of H-pyrrole nitrogens is 1. The van der Waals surface area contributed by atoms with Gasteiger partial charge in [0.05, 0.1) is 6.20 Å². The van der Waals surface area contributed by atoms with Crippen molar-refractivity contribution in [3.05, 3.63) is 18.1 Å². The van der Waals surface area contributed by atoms with Crippen molar-refractivity contribution in [1.29, 1.82) is 0 Å². The Bertz CT molecular complexity index is 579. The van der Waals surface area contributed by atoms with E-state index in [1.54, 1.807) is 31.6 Å². The fourth-order valence-corrected chi connectivity index (χ4v) is 1.56. The topological polar surface area (TPSA) is 85.7 Å². The molecule has 102 valence electrons. The van der Waals surface area contributed by atoms with Gasteiger partial charge in [0, 0.05) is 18.3 Å². The average molecular weight is 263 g/mol. The van der Waals surface area contributed by atoms with E-state index in [9.17, 15) is 4.79 Å². The Morgan fingerprint density at radius 3 is 2.74 bits per heavy atom. The molecule has 0 aliphatic rings. The molecule has 7 heteroatoms. The largest absolute Gasteiger partial charge is 0.455 e. The third-order valence-electron chi connectivity index (χ3n) is 2.37. The Morgan fingerprint density at radius 1 is 1.42 bits per heavy atom. The zero-order valence-corrected chi connectivity index (χ0v) is 11.5. The highest BCUT2D eigenvalue weighted by Crippen LogP contribution is 2.21. The van der Waals surface area contributed by atoms with Crippen LogP contribution in [-0.2, 0) is 11.3 Å². The maximum Gasteiger partial charge on any atom is 0.361 e. The first-order valence-corrected chi connectivity index (χ1v) is 6.07. The Kier molecular flexibility index (Phi) is 3.37. The van der Waals surface area contributed by atoms with Crippen molar-refractivity contribution in [2.75, 3.05) is 0 Å². The van der Waals surface area contributed by atoms with Crippen LogP contribution in [0.15, 0.2) is 12.4 Å². The second-order valence-corrected chi connectivity index (χ2v) is 5.11. The van der Waals surface area contributed by atoms with E-state index in [1.807, 2.05) is 13.1 Å². The van der Waals surface area contributed by atoms with Crippen molar-refractivity contribution in [2.24, 2.45) is 0 Å². The molecule has 0 fully saturated rings. The van der Waals surface area contributed by atoms with E-state index in [1.165, 1.54) is 0 Å². The highest BCUT2D eigenvalue weighted by atomic mass is 16.6. The van der Waals surface area contributed by atoms with Crippen LogP contribution in [0.4, 0.5) is 0 Å². The number of esters is 1. The minimum absolute atomic E-state index is 0.172. The van der Waals surface area contributed by atoms with Crippen LogP contribution in [0.25, 0.3) is 11.3 Å². The van der Waals surface area contributed by atoms with Crippen molar-refractivity contribution in [3.8, 4) is 11.3 Å². The van der Waals surface area contributed by atoms with Gasteiger partial charge < -0.3 is 4.74 Å². The number of carbonyl (C=O) groups is 1. The van der Waals surface area contributed by atoms with Crippen molar-refractivity contribution in [1.82, 2.24) is 25.2 Å². The average Bonchev–Trinajstić information content (AvgIpc) is 2.95. The Hall–Kier alpha value is -2.18. The van der Waals surface area contributed by atoms with E-state index < -0.39 is 11.6 Å². The summed E-state index contributed by atoms with van der Waals surface area (Å²) >= 11 is 0. The molecule has 0 saturated heterocycles. The summed E-state index contributed by atoms with van der Waals surface area (Å²) in [7, 11) is 0. The summed E-state index contributed by atoms with van der Waals surface area (Å²) in [4.78, 5) is 12.0. The van der Waals surface area contributed by atoms with Crippen LogP contribution in [0.5, 0.6) is 0 Å². The predicted octanol–water partition coefficient (Wildman–Crippen LogP) is 1.64. The summed E-state index contributed by atoms with van der Waals surface area (Å²) in [5.41, 5.74) is 0.789. The molecule has 2 heterocycles. The molecule has 0 saturated carbocycles. The number of rotatable bonds is 3. The zero-order chi connectivity index (χ0) is 14.0. The first-order chi connectivity index (χ1) is 8.90. The summed E-state index contributed by atoms with van der Waals surface area (Å²) in [5, 5.41) is 14.5. The van der Waals surface area contributed by atoms with E-state index in [-0.39, 0.29) is 5.69 Å². The summed E-state index contributed by atoms with van der Waals surface area (Å²) in [6.07, 6.45) is 3.46. The van der Waals surface area contributed by atoms with Crippen LogP contribution < -0.4 is 0 Å². The lowest BCUT2D eigenvalue weighted by atomic mass is 10.2. The second kappa shape index (κ2) is 4.83. The van der Waals surface area contributed by atoms with E-state index in [4.69, 9.17) is 4.74 Å². The minimum Gasteiger partial charge on any atom is -0.455 e. The molecule has 0 aliphatic carbocycles. The molecule has 2 aromatic rings. The number of nitrogens with one attached hydrogen (secondary N) is 1. The molecule has 0 aromatic carbocycles. The molecular formula is C12H17N5O2. The van der Waals surface area contributed by atoms with Gasteiger partial charge in [0.15, 0.2) is 5.69 Å². The number of nitrogens with zero attached hydrogens (tertiary/aromatic N) is 4. The SMILES string of the molecule is CCn1cc(-c2n[nH]nc2C(=O)OC(C)(C)C)cn1. The number of aryl methyl sites for hydroxylation is 1.